The fourth-order valence-electron chi connectivity index (χ4n) is 1.71. The van der Waals surface area contributed by atoms with Gasteiger partial charge in [0, 0.05) is 28.7 Å². The molecule has 21 heavy (non-hydrogen) atoms. The molecule has 108 valence electrons. The summed E-state index contributed by atoms with van der Waals surface area (Å²) in [5, 5.41) is 12.0. The predicted molar refractivity (Wildman–Crippen MR) is 90.3 cm³/mol. The second kappa shape index (κ2) is 8.60. The highest BCUT2D eigenvalue weighted by molar-refractivity contribution is 7.99. The summed E-state index contributed by atoms with van der Waals surface area (Å²) >= 11 is 3.35. The van der Waals surface area contributed by atoms with Gasteiger partial charge in [-0.25, -0.2) is 4.98 Å². The molecule has 0 aliphatic rings. The highest BCUT2D eigenvalue weighted by atomic mass is 32.2. The molecule has 5 heteroatoms. The Morgan fingerprint density at radius 1 is 1.43 bits per heavy atom. The van der Waals surface area contributed by atoms with Gasteiger partial charge >= 0.3 is 0 Å². The number of hydrogen-bond acceptors (Lipinski definition) is 5. The Morgan fingerprint density at radius 3 is 2.90 bits per heavy atom. The molecule has 1 atom stereocenters. The van der Waals surface area contributed by atoms with E-state index in [4.69, 9.17) is 5.26 Å². The topological polar surface area (TPSA) is 49.0 Å². The molecular weight excluding hydrogens is 298 g/mol. The Bertz CT molecular complexity index is 614. The summed E-state index contributed by atoms with van der Waals surface area (Å²) in [6.45, 7) is 2.69. The number of aromatic nitrogens is 1. The molecule has 1 aromatic carbocycles. The summed E-state index contributed by atoms with van der Waals surface area (Å²) in [5.74, 6) is 0.722. The van der Waals surface area contributed by atoms with E-state index in [9.17, 15) is 0 Å². The summed E-state index contributed by atoms with van der Waals surface area (Å²) < 4.78 is 0. The van der Waals surface area contributed by atoms with Crippen LogP contribution >= 0.6 is 23.1 Å². The summed E-state index contributed by atoms with van der Waals surface area (Å²) in [5.41, 5.74) is 0.961. The van der Waals surface area contributed by atoms with Gasteiger partial charge in [0.2, 0.25) is 0 Å². The van der Waals surface area contributed by atoms with Crippen molar-refractivity contribution in [2.24, 2.45) is 4.99 Å². The largest absolute Gasteiger partial charge is 0.296 e. The van der Waals surface area contributed by atoms with Crippen molar-refractivity contribution in [3.05, 3.63) is 46.4 Å². The molecule has 0 N–H and O–H groups in total. The van der Waals surface area contributed by atoms with Crippen LogP contribution in [0.4, 0.5) is 0 Å². The van der Waals surface area contributed by atoms with Gasteiger partial charge in [-0.2, -0.15) is 5.26 Å². The molecular formula is C16H17N3S2. The van der Waals surface area contributed by atoms with Gasteiger partial charge in [0.1, 0.15) is 10.9 Å². The van der Waals surface area contributed by atoms with E-state index in [1.165, 1.54) is 16.2 Å². The zero-order valence-corrected chi connectivity index (χ0v) is 13.5. The molecule has 0 unspecified atom stereocenters. The molecule has 1 heterocycles. The van der Waals surface area contributed by atoms with Crippen LogP contribution in [0.15, 0.2) is 45.6 Å². The molecule has 0 fully saturated rings. The van der Waals surface area contributed by atoms with E-state index in [1.807, 2.05) is 42.3 Å². The van der Waals surface area contributed by atoms with E-state index < -0.39 is 0 Å². The summed E-state index contributed by atoms with van der Waals surface area (Å²) in [4.78, 5) is 9.99. The number of nitriles is 1. The molecule has 0 aliphatic carbocycles. The van der Waals surface area contributed by atoms with Gasteiger partial charge in [0.15, 0.2) is 0 Å². The standard InChI is InChI=1S/C16H17N3S2/c1-13-12-21-16(19-13)14(10-17)11-18-8-5-9-20-15-6-3-2-4-7-15/h2-4,6-7,11-12,14H,5,8-9H2,1H3/t14-/m1/s1. The van der Waals surface area contributed by atoms with E-state index in [1.54, 1.807) is 6.21 Å². The van der Waals surface area contributed by atoms with E-state index in [0.29, 0.717) is 0 Å². The minimum absolute atomic E-state index is 0.314. The Kier molecular flexibility index (Phi) is 6.45. The Morgan fingerprint density at radius 2 is 2.24 bits per heavy atom. The number of thioether (sulfide) groups is 1. The van der Waals surface area contributed by atoms with Crippen molar-refractivity contribution < 1.29 is 0 Å². The second-order valence-electron chi connectivity index (χ2n) is 4.50. The van der Waals surface area contributed by atoms with Crippen LogP contribution in [0.1, 0.15) is 23.0 Å². The third kappa shape index (κ3) is 5.33. The zero-order valence-electron chi connectivity index (χ0n) is 11.9. The maximum absolute atomic E-state index is 9.16. The minimum atomic E-state index is -0.314. The van der Waals surface area contributed by atoms with Gasteiger partial charge in [-0.05, 0) is 31.2 Å². The van der Waals surface area contributed by atoms with E-state index in [2.05, 4.69) is 28.2 Å². The van der Waals surface area contributed by atoms with Crippen LogP contribution < -0.4 is 0 Å². The first-order chi connectivity index (χ1) is 10.3. The molecule has 0 amide bonds. The van der Waals surface area contributed by atoms with E-state index in [0.717, 1.165) is 29.4 Å². The van der Waals surface area contributed by atoms with Crippen molar-refractivity contribution in [1.29, 1.82) is 5.26 Å². The monoisotopic (exact) mass is 315 g/mol. The lowest BCUT2D eigenvalue weighted by Gasteiger charge is -2.00. The summed E-state index contributed by atoms with van der Waals surface area (Å²) in [6.07, 6.45) is 2.73. The summed E-state index contributed by atoms with van der Waals surface area (Å²) in [6, 6.07) is 12.6. The molecule has 2 rings (SSSR count). The van der Waals surface area contributed by atoms with Crippen molar-refractivity contribution >= 4 is 29.3 Å². The molecule has 0 bridgehead atoms. The maximum atomic E-state index is 9.16. The molecule has 3 nitrogen and oxygen atoms in total. The van der Waals surface area contributed by atoms with Crippen molar-refractivity contribution in [2.45, 2.75) is 24.2 Å². The second-order valence-corrected chi connectivity index (χ2v) is 6.56. The SMILES string of the molecule is Cc1csc([C@H](C#N)C=NCCCSc2ccccc2)n1. The fraction of sp³-hybridized carbons (Fsp3) is 0.312. The Balaban J connectivity index is 1.71. The zero-order chi connectivity index (χ0) is 14.9. The molecule has 0 spiro atoms. The Hall–Kier alpha value is -1.64. The lowest BCUT2D eigenvalue weighted by Crippen LogP contribution is -1.98. The van der Waals surface area contributed by atoms with Crippen molar-refractivity contribution in [2.75, 3.05) is 12.3 Å². The number of rotatable bonds is 7. The third-order valence-electron chi connectivity index (χ3n) is 2.74. The smallest absolute Gasteiger partial charge is 0.133 e. The number of nitrogens with zero attached hydrogens (tertiary/aromatic N) is 3. The Labute approximate surface area is 133 Å². The number of aryl methyl sites for hydroxylation is 1. The normalized spacial score (nSPS) is 12.4. The number of hydrogen-bond donors (Lipinski definition) is 0. The number of thiazole rings is 1. The van der Waals surface area contributed by atoms with Crippen LogP contribution in [-0.4, -0.2) is 23.5 Å². The highest BCUT2D eigenvalue weighted by Gasteiger charge is 2.10. The van der Waals surface area contributed by atoms with Crippen LogP contribution in [0.5, 0.6) is 0 Å². The fourth-order valence-corrected chi connectivity index (χ4v) is 3.37. The van der Waals surface area contributed by atoms with Crippen LogP contribution in [0.2, 0.25) is 0 Å². The van der Waals surface area contributed by atoms with Crippen LogP contribution in [0.25, 0.3) is 0 Å². The molecule has 0 saturated carbocycles. The van der Waals surface area contributed by atoms with Gasteiger partial charge in [-0.1, -0.05) is 18.2 Å². The highest BCUT2D eigenvalue weighted by Crippen LogP contribution is 2.19. The van der Waals surface area contributed by atoms with E-state index >= 15 is 0 Å². The van der Waals surface area contributed by atoms with Gasteiger partial charge in [0.05, 0.1) is 6.07 Å². The quantitative estimate of drug-likeness (QED) is 0.434. The van der Waals surface area contributed by atoms with Crippen LogP contribution in [0.3, 0.4) is 0 Å². The van der Waals surface area contributed by atoms with E-state index in [-0.39, 0.29) is 5.92 Å². The van der Waals surface area contributed by atoms with Gasteiger partial charge in [0.25, 0.3) is 0 Å². The first-order valence-electron chi connectivity index (χ1n) is 6.79. The van der Waals surface area contributed by atoms with Crippen molar-refractivity contribution in [3.8, 4) is 6.07 Å². The van der Waals surface area contributed by atoms with Crippen molar-refractivity contribution in [1.82, 2.24) is 4.98 Å². The third-order valence-corrected chi connectivity index (χ3v) is 4.88. The maximum Gasteiger partial charge on any atom is 0.133 e. The molecule has 0 saturated heterocycles. The number of aliphatic imine (C=N–C) groups is 1. The average Bonchev–Trinajstić information content (AvgIpc) is 2.94. The molecule has 0 aliphatic heterocycles. The first-order valence-corrected chi connectivity index (χ1v) is 8.65. The lowest BCUT2D eigenvalue weighted by atomic mass is 10.2. The molecule has 1 aromatic heterocycles. The molecule has 2 aromatic rings. The van der Waals surface area contributed by atoms with Gasteiger partial charge in [-0.3, -0.25) is 4.99 Å². The van der Waals surface area contributed by atoms with Gasteiger partial charge in [-0.15, -0.1) is 23.1 Å². The van der Waals surface area contributed by atoms with Crippen LogP contribution in [0, 0.1) is 18.3 Å². The predicted octanol–water partition coefficient (Wildman–Crippen LogP) is 4.31. The molecule has 0 radical (unpaired) electrons. The lowest BCUT2D eigenvalue weighted by molar-refractivity contribution is 0.938. The first kappa shape index (κ1) is 15.7. The average molecular weight is 315 g/mol. The minimum Gasteiger partial charge on any atom is -0.296 e. The summed E-state index contributed by atoms with van der Waals surface area (Å²) in [7, 11) is 0. The van der Waals surface area contributed by atoms with Gasteiger partial charge < -0.3 is 0 Å². The number of benzene rings is 1. The van der Waals surface area contributed by atoms with Crippen molar-refractivity contribution in [3.63, 3.8) is 0 Å². The van der Waals surface area contributed by atoms with Crippen LogP contribution in [-0.2, 0) is 0 Å².